The van der Waals surface area contributed by atoms with E-state index in [1.165, 1.54) is 10.8 Å². The van der Waals surface area contributed by atoms with Gasteiger partial charge >= 0.3 is 5.91 Å². The molecule has 3 aromatic carbocycles. The van der Waals surface area contributed by atoms with E-state index in [1.807, 2.05) is 23.9 Å². The van der Waals surface area contributed by atoms with Crippen LogP contribution < -0.4 is 5.32 Å². The van der Waals surface area contributed by atoms with Gasteiger partial charge in [-0.05, 0) is 12.1 Å². The summed E-state index contributed by atoms with van der Waals surface area (Å²) in [7, 11) is 0. The summed E-state index contributed by atoms with van der Waals surface area (Å²) >= 11 is 1.88. The summed E-state index contributed by atoms with van der Waals surface area (Å²) in [5.41, 5.74) is 6.13. The van der Waals surface area contributed by atoms with Crippen LogP contribution in [0.25, 0.3) is 43.6 Å². The highest BCUT2D eigenvalue weighted by atomic mass is 32.2. The van der Waals surface area contributed by atoms with Gasteiger partial charge in [-0.3, -0.25) is 0 Å². The van der Waals surface area contributed by atoms with Crippen molar-refractivity contribution in [2.75, 3.05) is 0 Å². The maximum Gasteiger partial charge on any atom is 0.350 e. The lowest BCUT2D eigenvalue weighted by Gasteiger charge is -2.05. The van der Waals surface area contributed by atoms with E-state index in [9.17, 15) is 4.79 Å². The molecule has 0 saturated carbocycles. The number of nitrogens with zero attached hydrogens (tertiary/aromatic N) is 2. The Labute approximate surface area is 163 Å². The topological polar surface area (TPSA) is 67.4 Å². The van der Waals surface area contributed by atoms with Crippen molar-refractivity contribution in [3.8, 4) is 0 Å². The summed E-state index contributed by atoms with van der Waals surface area (Å²) in [5.74, 6) is 2.00. The Kier molecular flexibility index (Phi) is 2.58. The third-order valence-electron chi connectivity index (χ3n) is 6.15. The number of carbonyl (C=O) groups excluding carboxylic acids is 1. The van der Waals surface area contributed by atoms with Crippen LogP contribution in [0.3, 0.4) is 0 Å². The molecule has 5 nitrogen and oxygen atoms in total. The molecule has 0 bridgehead atoms. The van der Waals surface area contributed by atoms with E-state index in [-0.39, 0.29) is 5.91 Å². The molecule has 7 rings (SSSR count). The van der Waals surface area contributed by atoms with Gasteiger partial charge in [0.2, 0.25) is 5.84 Å². The first kappa shape index (κ1) is 14.9. The number of nitrogen functional groups attached to an aromatic ring is 1. The SMILES string of the molecule is N=C1[NH2+]C(=O)c2c1c1c3ccccc3n3c1c1c2c2ccccc2n1CSC3. The maximum atomic E-state index is 13.0. The molecule has 4 heterocycles. The zero-order valence-corrected chi connectivity index (χ0v) is 15.6. The van der Waals surface area contributed by atoms with Crippen LogP contribution in [-0.2, 0) is 11.8 Å². The summed E-state index contributed by atoms with van der Waals surface area (Å²) in [6.45, 7) is 0. The number of para-hydroxylation sites is 2. The quantitative estimate of drug-likeness (QED) is 0.429. The van der Waals surface area contributed by atoms with Gasteiger partial charge in [-0.25, -0.2) is 15.5 Å². The van der Waals surface area contributed by atoms with Crippen molar-refractivity contribution in [3.05, 3.63) is 59.7 Å². The second kappa shape index (κ2) is 4.84. The van der Waals surface area contributed by atoms with Gasteiger partial charge in [-0.2, -0.15) is 0 Å². The van der Waals surface area contributed by atoms with E-state index in [1.54, 1.807) is 0 Å². The third-order valence-corrected chi connectivity index (χ3v) is 7.03. The van der Waals surface area contributed by atoms with E-state index < -0.39 is 0 Å². The summed E-state index contributed by atoms with van der Waals surface area (Å²) < 4.78 is 4.73. The highest BCUT2D eigenvalue weighted by Gasteiger charge is 2.39. The highest BCUT2D eigenvalue weighted by Crippen LogP contribution is 2.46. The van der Waals surface area contributed by atoms with Gasteiger partial charge in [0.1, 0.15) is 5.56 Å². The number of amidine groups is 1. The molecule has 0 unspecified atom stereocenters. The molecule has 5 aromatic rings. The number of aromatic nitrogens is 2. The van der Waals surface area contributed by atoms with E-state index in [0.717, 1.165) is 55.4 Å². The van der Waals surface area contributed by atoms with Crippen LogP contribution in [0, 0.1) is 5.41 Å². The molecule has 28 heavy (non-hydrogen) atoms. The minimum atomic E-state index is -0.0430. The van der Waals surface area contributed by atoms with E-state index in [0.29, 0.717) is 11.4 Å². The van der Waals surface area contributed by atoms with Gasteiger partial charge in [-0.15, -0.1) is 11.8 Å². The van der Waals surface area contributed by atoms with Crippen LogP contribution in [0.15, 0.2) is 48.5 Å². The lowest BCUT2D eigenvalue weighted by molar-refractivity contribution is -0.425. The molecular weight excluding hydrogens is 368 g/mol. The normalized spacial score (nSPS) is 16.1. The number of primary amides is 1. The van der Waals surface area contributed by atoms with E-state index in [2.05, 4.69) is 45.5 Å². The third kappa shape index (κ3) is 1.53. The minimum absolute atomic E-state index is 0.0430. The first-order chi connectivity index (χ1) is 13.8. The summed E-state index contributed by atoms with van der Waals surface area (Å²) in [4.78, 5) is 13.0. The van der Waals surface area contributed by atoms with Gasteiger partial charge in [0, 0.05) is 32.6 Å². The van der Waals surface area contributed by atoms with Crippen molar-refractivity contribution in [2.45, 2.75) is 11.8 Å². The van der Waals surface area contributed by atoms with Crippen molar-refractivity contribution in [3.63, 3.8) is 0 Å². The second-order valence-electron chi connectivity index (χ2n) is 7.47. The zero-order valence-electron chi connectivity index (χ0n) is 14.8. The van der Waals surface area contributed by atoms with Gasteiger partial charge < -0.3 is 9.13 Å². The van der Waals surface area contributed by atoms with Crippen molar-refractivity contribution < 1.29 is 10.1 Å². The summed E-state index contributed by atoms with van der Waals surface area (Å²) in [6, 6.07) is 16.7. The lowest BCUT2D eigenvalue weighted by atomic mass is 9.96. The molecular formula is C22H15N4OS+. The van der Waals surface area contributed by atoms with Crippen LogP contribution in [0.5, 0.6) is 0 Å². The Morgan fingerprint density at radius 2 is 1.36 bits per heavy atom. The molecule has 3 N–H and O–H groups in total. The smallest absolute Gasteiger partial charge is 0.329 e. The molecule has 0 atom stereocenters. The van der Waals surface area contributed by atoms with Crippen LogP contribution in [0.1, 0.15) is 15.9 Å². The molecule has 6 heteroatoms. The fourth-order valence-electron chi connectivity index (χ4n) is 5.14. The van der Waals surface area contributed by atoms with Gasteiger partial charge in [0.25, 0.3) is 0 Å². The highest BCUT2D eigenvalue weighted by molar-refractivity contribution is 7.97. The number of hydrogen-bond donors (Lipinski definition) is 2. The fourth-order valence-corrected chi connectivity index (χ4v) is 6.12. The second-order valence-corrected chi connectivity index (χ2v) is 8.40. The van der Waals surface area contributed by atoms with Crippen molar-refractivity contribution in [1.29, 1.82) is 5.41 Å². The number of nitrogens with two attached hydrogens (primary N) is 1. The Hall–Kier alpha value is -3.09. The monoisotopic (exact) mass is 383 g/mol. The number of nitrogens with one attached hydrogen (secondary N) is 1. The molecule has 0 radical (unpaired) electrons. The standard InChI is InChI=1S/C22H14N4OS/c23-21-17-15-11-5-1-3-7-13(11)25-9-28-10-26-14-8-4-2-6-12(14)16(20(26)19(15)25)18(17)22(27)24-21/h1-8H,9-10H2,(H2,23,24,27)/p+1. The minimum Gasteiger partial charge on any atom is -0.329 e. The van der Waals surface area contributed by atoms with Crippen LogP contribution in [0.2, 0.25) is 0 Å². The molecule has 0 fully saturated rings. The number of hydrogen-bond acceptors (Lipinski definition) is 3. The number of thioether (sulfide) groups is 1. The average molecular weight is 383 g/mol. The molecule has 2 aliphatic rings. The van der Waals surface area contributed by atoms with E-state index in [4.69, 9.17) is 5.41 Å². The Morgan fingerprint density at radius 3 is 1.96 bits per heavy atom. The van der Waals surface area contributed by atoms with Gasteiger partial charge in [0.15, 0.2) is 0 Å². The number of amides is 1. The Balaban J connectivity index is 1.95. The van der Waals surface area contributed by atoms with Crippen molar-refractivity contribution in [1.82, 2.24) is 9.13 Å². The summed E-state index contributed by atoms with van der Waals surface area (Å²) in [5, 5.41) is 14.4. The van der Waals surface area contributed by atoms with Crippen molar-refractivity contribution in [2.24, 2.45) is 0 Å². The number of benzene rings is 3. The molecule has 0 spiro atoms. The molecule has 2 aliphatic heterocycles. The largest absolute Gasteiger partial charge is 0.350 e. The molecule has 134 valence electrons. The average Bonchev–Trinajstić information content (AvgIpc) is 3.25. The summed E-state index contributed by atoms with van der Waals surface area (Å²) in [6.07, 6.45) is 0. The number of quaternary nitrogens is 1. The molecule has 1 amide bonds. The predicted molar refractivity (Wildman–Crippen MR) is 113 cm³/mol. The predicted octanol–water partition coefficient (Wildman–Crippen LogP) is 3.61. The van der Waals surface area contributed by atoms with Crippen LogP contribution >= 0.6 is 11.8 Å². The Bertz CT molecular complexity index is 1440. The fraction of sp³-hybridized carbons (Fsp3) is 0.0909. The van der Waals surface area contributed by atoms with Gasteiger partial charge in [0.05, 0.1) is 28.4 Å². The number of carbonyl (C=O) groups is 1. The molecule has 0 aliphatic carbocycles. The van der Waals surface area contributed by atoms with Crippen LogP contribution in [-0.4, -0.2) is 20.9 Å². The van der Waals surface area contributed by atoms with Gasteiger partial charge in [-0.1, -0.05) is 36.4 Å². The first-order valence-electron chi connectivity index (χ1n) is 9.29. The Morgan fingerprint density at radius 1 is 0.821 bits per heavy atom. The van der Waals surface area contributed by atoms with E-state index >= 15 is 0 Å². The van der Waals surface area contributed by atoms with Crippen molar-refractivity contribution >= 4 is 67.1 Å². The van der Waals surface area contributed by atoms with Crippen LogP contribution in [0.4, 0.5) is 0 Å². The first-order valence-corrected chi connectivity index (χ1v) is 10.4. The maximum absolute atomic E-state index is 13.0. The lowest BCUT2D eigenvalue weighted by Crippen LogP contribution is -2.88. The molecule has 2 aromatic heterocycles. The number of rotatable bonds is 0. The number of fused-ring (bicyclic) bond motifs is 9. The zero-order chi connectivity index (χ0) is 18.6. The molecule has 0 saturated heterocycles.